The number of aromatic nitrogens is 2. The van der Waals surface area contributed by atoms with E-state index in [-0.39, 0.29) is 6.54 Å². The van der Waals surface area contributed by atoms with Gasteiger partial charge in [0.25, 0.3) is 5.56 Å². The molecule has 0 bridgehead atoms. The number of hydrogen-bond acceptors (Lipinski definition) is 4. The molecule has 0 aliphatic carbocycles. The molecule has 0 saturated heterocycles. The molecule has 7 heteroatoms. The summed E-state index contributed by atoms with van der Waals surface area (Å²) in [5.74, 6) is 0.00321. The van der Waals surface area contributed by atoms with Crippen LogP contribution in [0.5, 0.6) is 5.75 Å². The monoisotopic (exact) mass is 275 g/mol. The molecule has 0 atom stereocenters. The lowest BCUT2D eigenvalue weighted by Gasteiger charge is -2.10. The summed E-state index contributed by atoms with van der Waals surface area (Å²) in [6, 6.07) is 8.03. The Morgan fingerprint density at radius 1 is 1.30 bits per heavy atom. The largest absolute Gasteiger partial charge is 0.495 e. The van der Waals surface area contributed by atoms with Crippen molar-refractivity contribution in [1.29, 1.82) is 0 Å². The molecule has 0 saturated carbocycles. The Kier molecular flexibility index (Phi) is 3.99. The molecule has 1 amide bonds. The second-order valence-corrected chi connectivity index (χ2v) is 3.96. The number of methoxy groups -OCH3 is 1. The Balaban J connectivity index is 2.18. The fourth-order valence-electron chi connectivity index (χ4n) is 1.68. The molecule has 2 aromatic rings. The van der Waals surface area contributed by atoms with E-state index >= 15 is 0 Å². The highest BCUT2D eigenvalue weighted by Gasteiger charge is 2.10. The number of amides is 1. The molecule has 0 unspecified atom stereocenters. The Morgan fingerprint density at radius 3 is 2.75 bits per heavy atom. The van der Waals surface area contributed by atoms with Gasteiger partial charge in [-0.05, 0) is 12.1 Å². The van der Waals surface area contributed by atoms with E-state index in [0.29, 0.717) is 11.4 Å². The van der Waals surface area contributed by atoms with Crippen LogP contribution in [0.1, 0.15) is 0 Å². The maximum atomic E-state index is 11.9. The molecule has 104 valence electrons. The summed E-state index contributed by atoms with van der Waals surface area (Å²) in [5.41, 5.74) is -0.697. The van der Waals surface area contributed by atoms with E-state index in [1.54, 1.807) is 24.3 Å². The molecule has 1 aromatic heterocycles. The quantitative estimate of drug-likeness (QED) is 0.832. The van der Waals surface area contributed by atoms with Crippen LogP contribution in [0, 0.1) is 0 Å². The zero-order valence-corrected chi connectivity index (χ0v) is 10.8. The lowest BCUT2D eigenvalue weighted by atomic mass is 10.3. The molecule has 0 spiro atoms. The van der Waals surface area contributed by atoms with Crippen molar-refractivity contribution in [2.75, 3.05) is 12.4 Å². The van der Waals surface area contributed by atoms with Gasteiger partial charge < -0.3 is 15.0 Å². The van der Waals surface area contributed by atoms with Gasteiger partial charge in [0, 0.05) is 12.3 Å². The third-order valence-electron chi connectivity index (χ3n) is 2.63. The summed E-state index contributed by atoms with van der Waals surface area (Å²) in [4.78, 5) is 37.2. The van der Waals surface area contributed by atoms with Gasteiger partial charge in [-0.25, -0.2) is 4.79 Å². The highest BCUT2D eigenvalue weighted by atomic mass is 16.5. The Morgan fingerprint density at radius 2 is 2.05 bits per heavy atom. The van der Waals surface area contributed by atoms with Crippen LogP contribution in [0.15, 0.2) is 46.1 Å². The third-order valence-corrected chi connectivity index (χ3v) is 2.63. The number of nitrogens with zero attached hydrogens (tertiary/aromatic N) is 1. The number of para-hydroxylation sites is 2. The summed E-state index contributed by atoms with van der Waals surface area (Å²) in [7, 11) is 1.48. The van der Waals surface area contributed by atoms with E-state index in [4.69, 9.17) is 4.74 Å². The maximum Gasteiger partial charge on any atom is 0.328 e. The van der Waals surface area contributed by atoms with Crippen molar-refractivity contribution in [2.24, 2.45) is 0 Å². The van der Waals surface area contributed by atoms with Crippen LogP contribution >= 0.6 is 0 Å². The molecule has 2 N–H and O–H groups in total. The minimum atomic E-state index is -0.632. The van der Waals surface area contributed by atoms with E-state index in [9.17, 15) is 14.4 Å². The number of nitrogens with one attached hydrogen (secondary N) is 2. The summed E-state index contributed by atoms with van der Waals surface area (Å²) >= 11 is 0. The molecule has 7 nitrogen and oxygen atoms in total. The summed E-state index contributed by atoms with van der Waals surface area (Å²) in [6.07, 6.45) is 1.24. The molecular weight excluding hydrogens is 262 g/mol. The summed E-state index contributed by atoms with van der Waals surface area (Å²) in [6.45, 7) is -0.368. The Labute approximate surface area is 113 Å². The number of H-pyrrole nitrogens is 1. The van der Waals surface area contributed by atoms with Gasteiger partial charge in [-0.3, -0.25) is 14.2 Å². The molecule has 0 fully saturated rings. The predicted molar refractivity (Wildman–Crippen MR) is 72.9 cm³/mol. The molecular formula is C13H13N3O4. The first-order valence-corrected chi connectivity index (χ1v) is 5.83. The molecule has 0 aliphatic rings. The average Bonchev–Trinajstić information content (AvgIpc) is 2.44. The standard InChI is InChI=1S/C13H13N3O4/c1-20-10-5-3-2-4-9(10)15-11(17)8-16-12(18)6-7-14-13(16)19/h2-7H,8H2,1H3,(H,14,19)(H,15,17). The minimum Gasteiger partial charge on any atom is -0.495 e. The van der Waals surface area contributed by atoms with Crippen LogP contribution in [-0.2, 0) is 11.3 Å². The predicted octanol–water partition coefficient (Wildman–Crippen LogP) is 0.184. The number of rotatable bonds is 4. The van der Waals surface area contributed by atoms with Crippen molar-refractivity contribution >= 4 is 11.6 Å². The Hall–Kier alpha value is -2.83. The lowest BCUT2D eigenvalue weighted by molar-refractivity contribution is -0.116. The zero-order chi connectivity index (χ0) is 14.5. The first-order chi connectivity index (χ1) is 9.61. The number of aromatic amines is 1. The van der Waals surface area contributed by atoms with Gasteiger partial charge >= 0.3 is 5.69 Å². The highest BCUT2D eigenvalue weighted by molar-refractivity contribution is 5.92. The van der Waals surface area contributed by atoms with E-state index in [2.05, 4.69) is 10.3 Å². The van der Waals surface area contributed by atoms with Gasteiger partial charge in [-0.2, -0.15) is 0 Å². The van der Waals surface area contributed by atoms with E-state index < -0.39 is 17.2 Å². The van der Waals surface area contributed by atoms with E-state index in [1.807, 2.05) is 0 Å². The normalized spacial score (nSPS) is 10.1. The van der Waals surface area contributed by atoms with Crippen LogP contribution in [-0.4, -0.2) is 22.6 Å². The SMILES string of the molecule is COc1ccccc1NC(=O)Cn1c(=O)cc[nH]c1=O. The van der Waals surface area contributed by atoms with E-state index in [1.165, 1.54) is 19.4 Å². The molecule has 1 aromatic carbocycles. The van der Waals surface area contributed by atoms with Crippen molar-refractivity contribution in [3.05, 3.63) is 57.4 Å². The fourth-order valence-corrected chi connectivity index (χ4v) is 1.68. The average molecular weight is 275 g/mol. The molecule has 20 heavy (non-hydrogen) atoms. The minimum absolute atomic E-state index is 0.368. The van der Waals surface area contributed by atoms with Gasteiger partial charge in [0.1, 0.15) is 12.3 Å². The summed E-state index contributed by atoms with van der Waals surface area (Å²) in [5, 5.41) is 2.59. The Bertz CT molecular complexity index is 704. The highest BCUT2D eigenvalue weighted by Crippen LogP contribution is 2.22. The number of ether oxygens (including phenoxy) is 1. The van der Waals surface area contributed by atoms with Crippen molar-refractivity contribution in [3.8, 4) is 5.75 Å². The van der Waals surface area contributed by atoms with E-state index in [0.717, 1.165) is 4.57 Å². The van der Waals surface area contributed by atoms with Gasteiger partial charge in [0.2, 0.25) is 5.91 Å². The van der Waals surface area contributed by atoms with Crippen molar-refractivity contribution in [2.45, 2.75) is 6.54 Å². The van der Waals surface area contributed by atoms with Gasteiger partial charge in [0.15, 0.2) is 0 Å². The van der Waals surface area contributed by atoms with Crippen LogP contribution in [0.3, 0.4) is 0 Å². The lowest BCUT2D eigenvalue weighted by Crippen LogP contribution is -2.37. The fraction of sp³-hybridized carbons (Fsp3) is 0.154. The summed E-state index contributed by atoms with van der Waals surface area (Å²) < 4.78 is 5.90. The third kappa shape index (κ3) is 2.94. The molecule has 0 radical (unpaired) electrons. The number of benzene rings is 1. The second kappa shape index (κ2) is 5.87. The van der Waals surface area contributed by atoms with Gasteiger partial charge in [-0.15, -0.1) is 0 Å². The smallest absolute Gasteiger partial charge is 0.328 e. The topological polar surface area (TPSA) is 93.2 Å². The van der Waals surface area contributed by atoms with Gasteiger partial charge in [0.05, 0.1) is 12.8 Å². The number of carbonyl (C=O) groups excluding carboxylic acids is 1. The first kappa shape index (κ1) is 13.6. The first-order valence-electron chi connectivity index (χ1n) is 5.83. The molecule has 0 aliphatic heterocycles. The van der Waals surface area contributed by atoms with Gasteiger partial charge in [-0.1, -0.05) is 12.1 Å². The molecule has 2 rings (SSSR count). The maximum absolute atomic E-state index is 11.9. The zero-order valence-electron chi connectivity index (χ0n) is 10.8. The van der Waals surface area contributed by atoms with Crippen LogP contribution in [0.25, 0.3) is 0 Å². The number of hydrogen-bond donors (Lipinski definition) is 2. The number of anilines is 1. The van der Waals surface area contributed by atoms with Crippen molar-refractivity contribution < 1.29 is 9.53 Å². The molecule has 1 heterocycles. The van der Waals surface area contributed by atoms with Crippen molar-refractivity contribution in [1.82, 2.24) is 9.55 Å². The van der Waals surface area contributed by atoms with Crippen LogP contribution in [0.2, 0.25) is 0 Å². The van der Waals surface area contributed by atoms with Crippen molar-refractivity contribution in [3.63, 3.8) is 0 Å². The van der Waals surface area contributed by atoms with Crippen LogP contribution < -0.4 is 21.3 Å². The van der Waals surface area contributed by atoms with Crippen LogP contribution in [0.4, 0.5) is 5.69 Å². The second-order valence-electron chi connectivity index (χ2n) is 3.96. The number of carbonyl (C=O) groups is 1.